The Labute approximate surface area is 199 Å². The van der Waals surface area contributed by atoms with Crippen molar-refractivity contribution in [2.45, 2.75) is 50.1 Å². The van der Waals surface area contributed by atoms with Gasteiger partial charge in [-0.1, -0.05) is 23.7 Å². The van der Waals surface area contributed by atoms with Crippen LogP contribution in [-0.2, 0) is 16.4 Å². The van der Waals surface area contributed by atoms with Crippen LogP contribution in [-0.4, -0.2) is 17.0 Å². The van der Waals surface area contributed by atoms with Gasteiger partial charge in [0.25, 0.3) is 5.91 Å². The Balaban J connectivity index is 0.000000173. The van der Waals surface area contributed by atoms with Crippen LogP contribution in [0.5, 0.6) is 0 Å². The number of benzene rings is 2. The van der Waals surface area contributed by atoms with Gasteiger partial charge in [0.2, 0.25) is 0 Å². The molecule has 4 bridgehead atoms. The number of primary amides is 1. The van der Waals surface area contributed by atoms with Crippen molar-refractivity contribution in [3.63, 3.8) is 0 Å². The number of aliphatic carboxylic acids is 1. The molecule has 2 aromatic rings. The third kappa shape index (κ3) is 4.52. The highest BCUT2D eigenvalue weighted by molar-refractivity contribution is 6.30. The molecule has 2 unspecified atom stereocenters. The van der Waals surface area contributed by atoms with Crippen LogP contribution in [0.25, 0.3) is 0 Å². The van der Waals surface area contributed by atoms with E-state index in [-0.39, 0.29) is 11.5 Å². The minimum absolute atomic E-state index is 0.0903. The van der Waals surface area contributed by atoms with Gasteiger partial charge in [-0.3, -0.25) is 9.59 Å². The standard InChI is InChI=1S/C17H19ClO2.C8H5F4NO/c18-14-3-1-13(2-4-14)16-6-11-5-12(7-16)9-17(8-11,10-16)15(19)20;9-6-3-4(8(10,11)12)1-2-5(6)7(13)14/h1-4,11-12H,5-10H2,(H,19,20);1-3H,(H2,13,14). The molecule has 2 aromatic carbocycles. The number of hydrogen-bond donors (Lipinski definition) is 2. The summed E-state index contributed by atoms with van der Waals surface area (Å²) in [5, 5.41) is 10.5. The third-order valence-electron chi connectivity index (χ3n) is 7.53. The Hall–Kier alpha value is -2.61. The van der Waals surface area contributed by atoms with Crippen LogP contribution in [0, 0.1) is 23.1 Å². The first-order chi connectivity index (χ1) is 15.8. The fraction of sp³-hybridized carbons (Fsp3) is 0.440. The zero-order valence-electron chi connectivity index (χ0n) is 18.2. The van der Waals surface area contributed by atoms with Crippen molar-refractivity contribution in [3.8, 4) is 0 Å². The number of carboxylic acids is 1. The molecular formula is C25H24ClF4NO3. The number of hydrogen-bond acceptors (Lipinski definition) is 2. The quantitative estimate of drug-likeness (QED) is 0.495. The molecular weight excluding hydrogens is 474 g/mol. The second-order valence-electron chi connectivity index (χ2n) is 9.89. The summed E-state index contributed by atoms with van der Waals surface area (Å²) in [6, 6.07) is 9.67. The van der Waals surface area contributed by atoms with E-state index in [9.17, 15) is 32.3 Å². The van der Waals surface area contributed by atoms with Gasteiger partial charge in [-0.15, -0.1) is 0 Å². The molecule has 1 amide bonds. The number of amides is 1. The van der Waals surface area contributed by atoms with Crippen molar-refractivity contribution in [2.24, 2.45) is 23.0 Å². The maximum atomic E-state index is 12.8. The van der Waals surface area contributed by atoms with Crippen LogP contribution >= 0.6 is 11.6 Å². The van der Waals surface area contributed by atoms with Gasteiger partial charge in [0.1, 0.15) is 5.82 Å². The maximum Gasteiger partial charge on any atom is 0.416 e. The monoisotopic (exact) mass is 497 g/mol. The number of carbonyl (C=O) groups excluding carboxylic acids is 1. The van der Waals surface area contributed by atoms with E-state index in [1.165, 1.54) is 24.8 Å². The Bertz CT molecular complexity index is 1100. The van der Waals surface area contributed by atoms with E-state index < -0.39 is 40.4 Å². The van der Waals surface area contributed by atoms with E-state index in [0.717, 1.165) is 24.3 Å². The molecule has 3 N–H and O–H groups in total. The Morgan fingerprint density at radius 3 is 2.06 bits per heavy atom. The molecule has 6 rings (SSSR count). The van der Waals surface area contributed by atoms with Crippen molar-refractivity contribution in [1.29, 1.82) is 0 Å². The van der Waals surface area contributed by atoms with Crippen LogP contribution in [0.3, 0.4) is 0 Å². The van der Waals surface area contributed by atoms with Crippen LogP contribution < -0.4 is 5.73 Å². The highest BCUT2D eigenvalue weighted by atomic mass is 35.5. The molecule has 0 spiro atoms. The molecule has 0 saturated heterocycles. The number of carbonyl (C=O) groups is 2. The molecule has 182 valence electrons. The zero-order valence-corrected chi connectivity index (χ0v) is 18.9. The van der Waals surface area contributed by atoms with Gasteiger partial charge in [0.15, 0.2) is 0 Å². The first-order valence-corrected chi connectivity index (χ1v) is 11.4. The van der Waals surface area contributed by atoms with Crippen molar-refractivity contribution < 1.29 is 32.3 Å². The van der Waals surface area contributed by atoms with E-state index >= 15 is 0 Å². The van der Waals surface area contributed by atoms with Gasteiger partial charge < -0.3 is 10.8 Å². The predicted octanol–water partition coefficient (Wildman–Crippen LogP) is 6.21. The van der Waals surface area contributed by atoms with Crippen molar-refractivity contribution in [1.82, 2.24) is 0 Å². The topological polar surface area (TPSA) is 80.4 Å². The Kier molecular flexibility index (Phi) is 6.17. The smallest absolute Gasteiger partial charge is 0.416 e. The Morgan fingerprint density at radius 1 is 1.00 bits per heavy atom. The van der Waals surface area contributed by atoms with Gasteiger partial charge in [-0.05, 0) is 91.7 Å². The molecule has 4 fully saturated rings. The summed E-state index contributed by atoms with van der Waals surface area (Å²) in [4.78, 5) is 22.3. The molecule has 4 saturated carbocycles. The van der Waals surface area contributed by atoms with Crippen LogP contribution in [0.1, 0.15) is 60.0 Å². The van der Waals surface area contributed by atoms with Crippen molar-refractivity contribution >= 4 is 23.5 Å². The average Bonchev–Trinajstić information content (AvgIpc) is 2.72. The van der Waals surface area contributed by atoms with E-state index in [2.05, 4.69) is 12.1 Å². The number of halogens is 5. The highest BCUT2D eigenvalue weighted by Crippen LogP contribution is 2.65. The molecule has 9 heteroatoms. The lowest BCUT2D eigenvalue weighted by Crippen LogP contribution is -2.56. The number of rotatable bonds is 3. The summed E-state index contributed by atoms with van der Waals surface area (Å²) in [6.45, 7) is 0. The molecule has 0 aromatic heterocycles. The lowest BCUT2D eigenvalue weighted by Gasteiger charge is -2.60. The lowest BCUT2D eigenvalue weighted by molar-refractivity contribution is -0.167. The predicted molar refractivity (Wildman–Crippen MR) is 118 cm³/mol. The van der Waals surface area contributed by atoms with Gasteiger partial charge in [-0.25, -0.2) is 4.39 Å². The first kappa shape index (κ1) is 24.5. The van der Waals surface area contributed by atoms with E-state index in [4.69, 9.17) is 17.3 Å². The minimum Gasteiger partial charge on any atom is -0.481 e. The summed E-state index contributed by atoms with van der Waals surface area (Å²) in [5.41, 5.74) is 3.95. The molecule has 4 aliphatic rings. The van der Waals surface area contributed by atoms with E-state index in [0.29, 0.717) is 24.0 Å². The summed E-state index contributed by atoms with van der Waals surface area (Å²) >= 11 is 6.00. The largest absolute Gasteiger partial charge is 0.481 e. The summed E-state index contributed by atoms with van der Waals surface area (Å²) in [6.07, 6.45) is 1.56. The minimum atomic E-state index is -4.63. The van der Waals surface area contributed by atoms with Crippen molar-refractivity contribution in [3.05, 3.63) is 70.0 Å². The van der Waals surface area contributed by atoms with Crippen LogP contribution in [0.4, 0.5) is 17.6 Å². The van der Waals surface area contributed by atoms with Crippen molar-refractivity contribution in [2.75, 3.05) is 0 Å². The molecule has 2 atom stereocenters. The van der Waals surface area contributed by atoms with E-state index in [1.54, 1.807) is 0 Å². The number of carboxylic acid groups (broad SMARTS) is 1. The van der Waals surface area contributed by atoms with E-state index in [1.807, 2.05) is 12.1 Å². The van der Waals surface area contributed by atoms with Gasteiger partial charge in [-0.2, -0.15) is 13.2 Å². The molecule has 4 nitrogen and oxygen atoms in total. The SMILES string of the molecule is NC(=O)c1ccc(C(F)(F)F)cc1F.O=C(O)C12CC3CC(C1)CC(c1ccc(Cl)cc1)(C3)C2. The second kappa shape index (κ2) is 8.56. The average molecular weight is 498 g/mol. The van der Waals surface area contributed by atoms with Crippen LogP contribution in [0.2, 0.25) is 5.02 Å². The summed E-state index contributed by atoms with van der Waals surface area (Å²) in [5.74, 6) is -1.74. The zero-order chi connectivity index (χ0) is 24.9. The molecule has 0 heterocycles. The summed E-state index contributed by atoms with van der Waals surface area (Å²) < 4.78 is 48.9. The third-order valence-corrected chi connectivity index (χ3v) is 7.79. The van der Waals surface area contributed by atoms with Gasteiger partial charge in [0.05, 0.1) is 16.5 Å². The fourth-order valence-electron chi connectivity index (χ4n) is 6.55. The van der Waals surface area contributed by atoms with Gasteiger partial charge in [0, 0.05) is 5.02 Å². The molecule has 0 radical (unpaired) electrons. The normalized spacial score (nSPS) is 29.3. The molecule has 4 aliphatic carbocycles. The van der Waals surface area contributed by atoms with Gasteiger partial charge >= 0.3 is 12.1 Å². The first-order valence-electron chi connectivity index (χ1n) is 11.0. The second-order valence-corrected chi connectivity index (χ2v) is 10.3. The van der Waals surface area contributed by atoms with Crippen LogP contribution in [0.15, 0.2) is 42.5 Å². The summed E-state index contributed by atoms with van der Waals surface area (Å²) in [7, 11) is 0. The number of alkyl halides is 3. The maximum absolute atomic E-state index is 12.8. The Morgan fingerprint density at radius 2 is 1.59 bits per heavy atom. The molecule has 34 heavy (non-hydrogen) atoms. The molecule has 0 aliphatic heterocycles. The number of nitrogens with two attached hydrogens (primary N) is 1. The fourth-order valence-corrected chi connectivity index (χ4v) is 6.67. The lowest BCUT2D eigenvalue weighted by atomic mass is 9.43. The highest BCUT2D eigenvalue weighted by Gasteiger charge is 2.61.